The smallest absolute Gasteiger partial charge is 0.274 e. The number of nitrogens with one attached hydrogen (secondary N) is 2. The van der Waals surface area contributed by atoms with E-state index in [0.717, 1.165) is 30.8 Å². The lowest BCUT2D eigenvalue weighted by atomic mass is 10.2. The van der Waals surface area contributed by atoms with Crippen molar-refractivity contribution in [3.8, 4) is 5.69 Å². The Balaban J connectivity index is 1.17. The van der Waals surface area contributed by atoms with Crippen LogP contribution in [0.4, 0.5) is 11.8 Å². The van der Waals surface area contributed by atoms with Crippen LogP contribution in [0.15, 0.2) is 41.6 Å². The predicted octanol–water partition coefficient (Wildman–Crippen LogP) is 2.44. The predicted molar refractivity (Wildman–Crippen MR) is 113 cm³/mol. The van der Waals surface area contributed by atoms with Gasteiger partial charge in [-0.2, -0.15) is 9.78 Å². The molecule has 0 saturated heterocycles. The van der Waals surface area contributed by atoms with Crippen LogP contribution >= 0.6 is 0 Å². The van der Waals surface area contributed by atoms with E-state index in [-0.39, 0.29) is 5.56 Å². The van der Waals surface area contributed by atoms with Crippen molar-refractivity contribution in [3.05, 3.63) is 58.4 Å². The first-order valence-electron chi connectivity index (χ1n) is 10.4. The van der Waals surface area contributed by atoms with Gasteiger partial charge in [0.05, 0.1) is 23.8 Å². The molecule has 0 aliphatic heterocycles. The first-order chi connectivity index (χ1) is 14.7. The third kappa shape index (κ3) is 4.00. The number of anilines is 2. The monoisotopic (exact) mass is 404 g/mol. The Morgan fingerprint density at radius 3 is 2.50 bits per heavy atom. The maximum absolute atomic E-state index is 12.2. The van der Waals surface area contributed by atoms with Gasteiger partial charge in [-0.25, -0.2) is 9.97 Å². The third-order valence-corrected chi connectivity index (χ3v) is 5.72. The van der Waals surface area contributed by atoms with E-state index >= 15 is 0 Å². The first kappa shape index (κ1) is 18.7. The largest absolute Gasteiger partial charge is 0.367 e. The van der Waals surface area contributed by atoms with Crippen LogP contribution in [0.3, 0.4) is 0 Å². The molecule has 5 rings (SSSR count). The van der Waals surface area contributed by atoms with Crippen molar-refractivity contribution in [3.63, 3.8) is 0 Å². The molecule has 3 heterocycles. The highest BCUT2D eigenvalue weighted by atomic mass is 16.1. The number of hydrogen-bond acceptors (Lipinski definition) is 8. The van der Waals surface area contributed by atoms with Crippen LogP contribution in [-0.4, -0.2) is 42.0 Å². The lowest BCUT2D eigenvalue weighted by Crippen LogP contribution is -2.23. The van der Waals surface area contributed by atoms with Crippen LogP contribution < -0.4 is 16.2 Å². The van der Waals surface area contributed by atoms with Crippen LogP contribution in [0.5, 0.6) is 0 Å². The molecule has 0 bridgehead atoms. The highest BCUT2D eigenvalue weighted by molar-refractivity contribution is 5.41. The summed E-state index contributed by atoms with van der Waals surface area (Å²) in [6, 6.07) is 6.07. The van der Waals surface area contributed by atoms with Gasteiger partial charge in [-0.05, 0) is 57.2 Å². The van der Waals surface area contributed by atoms with E-state index < -0.39 is 0 Å². The lowest BCUT2D eigenvalue weighted by molar-refractivity contribution is 0.710. The normalized spacial score (nSPS) is 20.8. The van der Waals surface area contributed by atoms with Gasteiger partial charge in [0.15, 0.2) is 0 Å². The van der Waals surface area contributed by atoms with E-state index in [1.807, 2.05) is 18.3 Å². The second kappa shape index (κ2) is 7.81. The molecule has 3 aromatic rings. The summed E-state index contributed by atoms with van der Waals surface area (Å²) in [7, 11) is 0. The molecule has 2 fully saturated rings. The van der Waals surface area contributed by atoms with Gasteiger partial charge in [0, 0.05) is 29.8 Å². The fraction of sp³-hybridized carbons (Fsp3) is 0.429. The number of aromatic nitrogens is 6. The SMILES string of the molecule is Cc1ccnn(-c2ccc(N[C@H]3CC[C@H](Nc4ncc(C5CC5)nn4)C3)nc2)c1=O. The molecule has 2 atom stereocenters. The number of hydrogen-bond donors (Lipinski definition) is 2. The highest BCUT2D eigenvalue weighted by Gasteiger charge is 2.27. The maximum atomic E-state index is 12.2. The van der Waals surface area contributed by atoms with Crippen molar-refractivity contribution >= 4 is 11.8 Å². The van der Waals surface area contributed by atoms with Gasteiger partial charge in [-0.1, -0.05) is 0 Å². The molecule has 3 aromatic heterocycles. The molecule has 2 saturated carbocycles. The molecular weight excluding hydrogens is 380 g/mol. The average molecular weight is 404 g/mol. The summed E-state index contributed by atoms with van der Waals surface area (Å²) in [6.07, 6.45) is 10.6. The maximum Gasteiger partial charge on any atom is 0.274 e. The topological polar surface area (TPSA) is 111 Å². The summed E-state index contributed by atoms with van der Waals surface area (Å²) in [4.78, 5) is 21.1. The zero-order valence-electron chi connectivity index (χ0n) is 16.8. The Kier molecular flexibility index (Phi) is 4.86. The zero-order valence-corrected chi connectivity index (χ0v) is 16.8. The second-order valence-electron chi connectivity index (χ2n) is 8.11. The minimum atomic E-state index is -0.133. The van der Waals surface area contributed by atoms with Crippen LogP contribution in [0, 0.1) is 6.92 Å². The van der Waals surface area contributed by atoms with Crippen molar-refractivity contribution in [2.24, 2.45) is 0 Å². The molecule has 9 nitrogen and oxygen atoms in total. The minimum absolute atomic E-state index is 0.133. The Labute approximate surface area is 174 Å². The summed E-state index contributed by atoms with van der Waals surface area (Å²) in [5, 5.41) is 19.5. The van der Waals surface area contributed by atoms with Crippen molar-refractivity contribution in [2.75, 3.05) is 10.6 Å². The van der Waals surface area contributed by atoms with E-state index in [9.17, 15) is 4.79 Å². The molecular formula is C21H24N8O. The summed E-state index contributed by atoms with van der Waals surface area (Å²) in [6.45, 7) is 1.77. The van der Waals surface area contributed by atoms with Crippen molar-refractivity contribution in [1.29, 1.82) is 0 Å². The number of rotatable bonds is 6. The van der Waals surface area contributed by atoms with Crippen molar-refractivity contribution in [2.45, 2.75) is 57.0 Å². The Hall–Kier alpha value is -3.36. The quantitative estimate of drug-likeness (QED) is 0.645. The standard InChI is InChI=1S/C21H24N8O/c1-13-8-9-24-29(20(13)30)17-6-7-19(22-11-17)25-15-4-5-16(10-15)26-21-23-12-18(27-28-21)14-2-3-14/h6-9,11-12,14-16H,2-5,10H2,1H3,(H,22,25)(H,23,26,28)/t15-,16-/m0/s1. The molecule has 0 radical (unpaired) electrons. The van der Waals surface area contributed by atoms with Gasteiger partial charge in [-0.15, -0.1) is 10.2 Å². The van der Waals surface area contributed by atoms with Gasteiger partial charge >= 0.3 is 0 Å². The first-order valence-corrected chi connectivity index (χ1v) is 10.4. The van der Waals surface area contributed by atoms with E-state index in [1.165, 1.54) is 17.5 Å². The molecule has 0 spiro atoms. The van der Waals surface area contributed by atoms with Gasteiger partial charge < -0.3 is 10.6 Å². The molecule has 2 N–H and O–H groups in total. The number of nitrogens with zero attached hydrogens (tertiary/aromatic N) is 6. The van der Waals surface area contributed by atoms with Crippen LogP contribution in [0.25, 0.3) is 5.69 Å². The Bertz CT molecular complexity index is 1080. The Morgan fingerprint density at radius 2 is 1.80 bits per heavy atom. The fourth-order valence-electron chi connectivity index (χ4n) is 3.83. The van der Waals surface area contributed by atoms with E-state index in [2.05, 4.69) is 35.9 Å². The van der Waals surface area contributed by atoms with Gasteiger partial charge in [0.25, 0.3) is 5.56 Å². The van der Waals surface area contributed by atoms with E-state index in [4.69, 9.17) is 0 Å². The molecule has 2 aliphatic carbocycles. The van der Waals surface area contributed by atoms with E-state index in [0.29, 0.717) is 35.2 Å². The third-order valence-electron chi connectivity index (χ3n) is 5.72. The second-order valence-corrected chi connectivity index (χ2v) is 8.11. The molecule has 0 aromatic carbocycles. The zero-order chi connectivity index (χ0) is 20.5. The highest BCUT2D eigenvalue weighted by Crippen LogP contribution is 2.38. The molecule has 0 unspecified atom stereocenters. The van der Waals surface area contributed by atoms with Crippen molar-refractivity contribution in [1.82, 2.24) is 29.9 Å². The van der Waals surface area contributed by atoms with Gasteiger partial charge in [-0.3, -0.25) is 4.79 Å². The summed E-state index contributed by atoms with van der Waals surface area (Å²) in [5.74, 6) is 1.96. The minimum Gasteiger partial charge on any atom is -0.367 e. The fourth-order valence-corrected chi connectivity index (χ4v) is 3.83. The number of aryl methyl sites for hydroxylation is 1. The lowest BCUT2D eigenvalue weighted by Gasteiger charge is -2.15. The van der Waals surface area contributed by atoms with E-state index in [1.54, 1.807) is 25.4 Å². The molecule has 2 aliphatic rings. The molecule has 30 heavy (non-hydrogen) atoms. The van der Waals surface area contributed by atoms with Crippen LogP contribution in [0.1, 0.15) is 49.3 Å². The average Bonchev–Trinajstić information content (AvgIpc) is 3.52. The number of pyridine rings is 1. The molecule has 9 heteroatoms. The van der Waals surface area contributed by atoms with Crippen LogP contribution in [-0.2, 0) is 0 Å². The van der Waals surface area contributed by atoms with Gasteiger partial charge in [0.1, 0.15) is 5.82 Å². The molecule has 154 valence electrons. The van der Waals surface area contributed by atoms with Crippen LogP contribution in [0.2, 0.25) is 0 Å². The molecule has 0 amide bonds. The summed E-state index contributed by atoms with van der Waals surface area (Å²) in [5.41, 5.74) is 2.17. The summed E-state index contributed by atoms with van der Waals surface area (Å²) >= 11 is 0. The van der Waals surface area contributed by atoms with Gasteiger partial charge in [0.2, 0.25) is 5.95 Å². The summed E-state index contributed by atoms with van der Waals surface area (Å²) < 4.78 is 1.37. The van der Waals surface area contributed by atoms with Crippen molar-refractivity contribution < 1.29 is 0 Å². The Morgan fingerprint density at radius 1 is 0.967 bits per heavy atom.